The monoisotopic (exact) mass is 321 g/mol. The van der Waals surface area contributed by atoms with Crippen molar-refractivity contribution in [3.05, 3.63) is 66.8 Å². The number of rotatable bonds is 5. The predicted octanol–water partition coefficient (Wildman–Crippen LogP) is 3.98. The molecule has 3 aromatic rings. The van der Waals surface area contributed by atoms with E-state index in [1.807, 2.05) is 0 Å². The number of aromatic nitrogens is 2. The summed E-state index contributed by atoms with van der Waals surface area (Å²) >= 11 is 0. The zero-order valence-corrected chi connectivity index (χ0v) is 12.6. The van der Waals surface area contributed by atoms with Crippen molar-refractivity contribution in [1.82, 2.24) is 9.97 Å². The average Bonchev–Trinajstić information content (AvgIpc) is 3.10. The van der Waals surface area contributed by atoms with Gasteiger partial charge < -0.3 is 9.15 Å². The summed E-state index contributed by atoms with van der Waals surface area (Å²) in [5, 5.41) is 9.15. The van der Waals surface area contributed by atoms with E-state index in [0.717, 1.165) is 6.20 Å². The number of hydrogen-bond donors (Lipinski definition) is 0. The molecule has 0 bridgehead atoms. The minimum atomic E-state index is -0.423. The third kappa shape index (κ3) is 3.31. The number of nitriles is 1. The molecule has 2 heterocycles. The van der Waals surface area contributed by atoms with Gasteiger partial charge in [0.2, 0.25) is 5.89 Å². The topological polar surface area (TPSA) is 71.9 Å². The molecule has 0 aliphatic heterocycles. The zero-order valence-electron chi connectivity index (χ0n) is 12.6. The summed E-state index contributed by atoms with van der Waals surface area (Å²) < 4.78 is 23.9. The van der Waals surface area contributed by atoms with Crippen LogP contribution in [0.3, 0.4) is 0 Å². The van der Waals surface area contributed by atoms with E-state index in [0.29, 0.717) is 40.8 Å². The number of nitrogens with zero attached hydrogens (tertiary/aromatic N) is 3. The van der Waals surface area contributed by atoms with Gasteiger partial charge in [-0.2, -0.15) is 5.26 Å². The van der Waals surface area contributed by atoms with Crippen molar-refractivity contribution in [3.8, 4) is 34.7 Å². The maximum absolute atomic E-state index is 12.9. The molecule has 3 rings (SSSR count). The van der Waals surface area contributed by atoms with Gasteiger partial charge in [0, 0.05) is 5.56 Å². The second-order valence-electron chi connectivity index (χ2n) is 4.86. The molecule has 0 saturated carbocycles. The second-order valence-corrected chi connectivity index (χ2v) is 4.86. The third-order valence-corrected chi connectivity index (χ3v) is 3.14. The van der Waals surface area contributed by atoms with Crippen molar-refractivity contribution in [3.63, 3.8) is 0 Å². The van der Waals surface area contributed by atoms with E-state index in [1.165, 1.54) is 18.4 Å². The number of oxazole rings is 1. The molecule has 0 fully saturated rings. The van der Waals surface area contributed by atoms with Crippen LogP contribution in [0.25, 0.3) is 22.8 Å². The molecular formula is C18H12FN3O2. The van der Waals surface area contributed by atoms with Gasteiger partial charge in [0.25, 0.3) is 0 Å². The van der Waals surface area contributed by atoms with E-state index >= 15 is 0 Å². The summed E-state index contributed by atoms with van der Waals surface area (Å²) in [4.78, 5) is 8.30. The Labute approximate surface area is 137 Å². The van der Waals surface area contributed by atoms with Crippen LogP contribution >= 0.6 is 0 Å². The predicted molar refractivity (Wildman–Crippen MR) is 85.5 cm³/mol. The highest BCUT2D eigenvalue weighted by atomic mass is 19.1. The molecule has 0 amide bonds. The number of ether oxygens (including phenoxy) is 1. The van der Waals surface area contributed by atoms with Crippen molar-refractivity contribution >= 4 is 0 Å². The maximum Gasteiger partial charge on any atom is 0.226 e. The lowest BCUT2D eigenvalue weighted by molar-refractivity contribution is 0.363. The number of benzene rings is 1. The molecule has 0 atom stereocenters. The highest BCUT2D eigenvalue weighted by Gasteiger charge is 2.12. The molecule has 118 valence electrons. The molecule has 24 heavy (non-hydrogen) atoms. The standard InChI is InChI=1S/C18H12FN3O2/c1-2-5-23-15-7-12(9-20)6-13(8-15)18-22-17(11-24-18)16-4-3-14(19)10-21-16/h2-4,6-8,10-11H,1,5H2. The van der Waals surface area contributed by atoms with Gasteiger partial charge in [0.05, 0.1) is 23.5 Å². The van der Waals surface area contributed by atoms with Crippen LogP contribution < -0.4 is 4.74 Å². The lowest BCUT2D eigenvalue weighted by Crippen LogP contribution is -1.94. The Kier molecular flexibility index (Phi) is 4.34. The quantitative estimate of drug-likeness (QED) is 0.665. The largest absolute Gasteiger partial charge is 0.489 e. The summed E-state index contributed by atoms with van der Waals surface area (Å²) in [6, 6.07) is 9.88. The minimum absolute atomic E-state index is 0.316. The Morgan fingerprint density at radius 2 is 2.17 bits per heavy atom. The van der Waals surface area contributed by atoms with E-state index in [4.69, 9.17) is 14.4 Å². The van der Waals surface area contributed by atoms with Crippen LogP contribution in [0.15, 0.2) is 59.9 Å². The van der Waals surface area contributed by atoms with E-state index in [1.54, 1.807) is 24.3 Å². The average molecular weight is 321 g/mol. The van der Waals surface area contributed by atoms with E-state index in [2.05, 4.69) is 22.6 Å². The van der Waals surface area contributed by atoms with Crippen molar-refractivity contribution in [2.75, 3.05) is 6.61 Å². The van der Waals surface area contributed by atoms with Crippen LogP contribution in [-0.4, -0.2) is 16.6 Å². The van der Waals surface area contributed by atoms with Gasteiger partial charge in [-0.1, -0.05) is 12.7 Å². The SMILES string of the molecule is C=CCOc1cc(C#N)cc(-c2nc(-c3ccc(F)cn3)co2)c1. The van der Waals surface area contributed by atoms with Crippen LogP contribution in [0.2, 0.25) is 0 Å². The Hall–Kier alpha value is -3.46. The lowest BCUT2D eigenvalue weighted by atomic mass is 10.1. The maximum atomic E-state index is 12.9. The Balaban J connectivity index is 1.95. The second kappa shape index (κ2) is 6.75. The fraction of sp³-hybridized carbons (Fsp3) is 0.0556. The first-order valence-corrected chi connectivity index (χ1v) is 7.06. The smallest absolute Gasteiger partial charge is 0.226 e. The molecule has 6 heteroatoms. The Morgan fingerprint density at radius 1 is 1.29 bits per heavy atom. The molecule has 0 radical (unpaired) electrons. The summed E-state index contributed by atoms with van der Waals surface area (Å²) in [5.41, 5.74) is 1.99. The van der Waals surface area contributed by atoms with Crippen LogP contribution in [0, 0.1) is 17.1 Å². The minimum Gasteiger partial charge on any atom is -0.489 e. The van der Waals surface area contributed by atoms with Gasteiger partial charge in [0.1, 0.15) is 30.1 Å². The summed E-state index contributed by atoms with van der Waals surface area (Å²) in [7, 11) is 0. The molecule has 5 nitrogen and oxygen atoms in total. The highest BCUT2D eigenvalue weighted by Crippen LogP contribution is 2.28. The molecule has 2 aromatic heterocycles. The number of halogens is 1. The van der Waals surface area contributed by atoms with Crippen molar-refractivity contribution < 1.29 is 13.5 Å². The Morgan fingerprint density at radius 3 is 2.88 bits per heavy atom. The van der Waals surface area contributed by atoms with Gasteiger partial charge in [-0.3, -0.25) is 4.98 Å². The van der Waals surface area contributed by atoms with Gasteiger partial charge in [-0.25, -0.2) is 9.37 Å². The molecule has 0 spiro atoms. The van der Waals surface area contributed by atoms with Gasteiger partial charge >= 0.3 is 0 Å². The van der Waals surface area contributed by atoms with Crippen molar-refractivity contribution in [2.45, 2.75) is 0 Å². The lowest BCUT2D eigenvalue weighted by Gasteiger charge is -2.05. The molecule has 0 aliphatic carbocycles. The summed E-state index contributed by atoms with van der Waals surface area (Å²) in [6.07, 6.45) is 4.16. The van der Waals surface area contributed by atoms with Crippen LogP contribution in [0.1, 0.15) is 5.56 Å². The zero-order chi connectivity index (χ0) is 16.9. The molecular weight excluding hydrogens is 309 g/mol. The first-order chi connectivity index (χ1) is 11.7. The molecule has 0 aliphatic rings. The van der Waals surface area contributed by atoms with Gasteiger partial charge in [0.15, 0.2) is 0 Å². The van der Waals surface area contributed by atoms with E-state index in [-0.39, 0.29) is 0 Å². The van der Waals surface area contributed by atoms with Crippen LogP contribution in [0.4, 0.5) is 4.39 Å². The molecule has 1 aromatic carbocycles. The first-order valence-electron chi connectivity index (χ1n) is 7.06. The van der Waals surface area contributed by atoms with Crippen molar-refractivity contribution in [1.29, 1.82) is 5.26 Å². The fourth-order valence-electron chi connectivity index (χ4n) is 2.08. The first kappa shape index (κ1) is 15.4. The van der Waals surface area contributed by atoms with Crippen LogP contribution in [0.5, 0.6) is 5.75 Å². The molecule has 0 N–H and O–H groups in total. The molecule has 0 saturated heterocycles. The number of hydrogen-bond acceptors (Lipinski definition) is 5. The summed E-state index contributed by atoms with van der Waals surface area (Å²) in [6.45, 7) is 3.91. The van der Waals surface area contributed by atoms with Gasteiger partial charge in [-0.15, -0.1) is 0 Å². The summed E-state index contributed by atoms with van der Waals surface area (Å²) in [5.74, 6) is 0.411. The molecule has 0 unspecified atom stereocenters. The normalized spacial score (nSPS) is 10.2. The highest BCUT2D eigenvalue weighted by molar-refractivity contribution is 5.63. The van der Waals surface area contributed by atoms with E-state index in [9.17, 15) is 4.39 Å². The van der Waals surface area contributed by atoms with Crippen molar-refractivity contribution in [2.24, 2.45) is 0 Å². The van der Waals surface area contributed by atoms with E-state index < -0.39 is 5.82 Å². The number of pyridine rings is 1. The third-order valence-electron chi connectivity index (χ3n) is 3.14. The van der Waals surface area contributed by atoms with Crippen LogP contribution in [-0.2, 0) is 0 Å². The van der Waals surface area contributed by atoms with Gasteiger partial charge in [-0.05, 0) is 30.3 Å². The fourth-order valence-corrected chi connectivity index (χ4v) is 2.08. The Bertz CT molecular complexity index is 911.